The van der Waals surface area contributed by atoms with Gasteiger partial charge in [0.25, 0.3) is 0 Å². The minimum atomic E-state index is -0.211. The van der Waals surface area contributed by atoms with Gasteiger partial charge in [0.2, 0.25) is 0 Å². The highest BCUT2D eigenvalue weighted by molar-refractivity contribution is 7.18. The zero-order valence-corrected chi connectivity index (χ0v) is 9.85. The third-order valence-corrected chi connectivity index (χ3v) is 3.16. The third kappa shape index (κ3) is 2.58. The molecule has 0 unspecified atom stereocenters. The molecule has 0 radical (unpaired) electrons. The molecule has 0 saturated carbocycles. The number of anilines is 1. The van der Waals surface area contributed by atoms with Gasteiger partial charge in [0.1, 0.15) is 5.82 Å². The van der Waals surface area contributed by atoms with Crippen molar-refractivity contribution in [1.29, 1.82) is 0 Å². The lowest BCUT2D eigenvalue weighted by Crippen LogP contribution is -1.97. The summed E-state index contributed by atoms with van der Waals surface area (Å²) in [5, 5.41) is 4.15. The van der Waals surface area contributed by atoms with Crippen LogP contribution in [-0.2, 0) is 0 Å². The normalized spacial score (nSPS) is 10.4. The van der Waals surface area contributed by atoms with Crippen molar-refractivity contribution in [2.45, 2.75) is 13.3 Å². The van der Waals surface area contributed by atoms with E-state index in [9.17, 15) is 4.39 Å². The highest BCUT2D eigenvalue weighted by atomic mass is 32.1. The van der Waals surface area contributed by atoms with Crippen molar-refractivity contribution in [3.05, 3.63) is 36.3 Å². The van der Waals surface area contributed by atoms with Crippen LogP contribution in [0.1, 0.15) is 13.3 Å². The van der Waals surface area contributed by atoms with Crippen molar-refractivity contribution in [2.75, 3.05) is 11.9 Å². The number of halogens is 1. The van der Waals surface area contributed by atoms with E-state index < -0.39 is 0 Å². The van der Waals surface area contributed by atoms with E-state index in [-0.39, 0.29) is 5.82 Å². The molecule has 1 heterocycles. The minimum Gasteiger partial charge on any atom is -0.362 e. The molecule has 1 aromatic carbocycles. The van der Waals surface area contributed by atoms with Crippen LogP contribution in [0.15, 0.2) is 30.5 Å². The molecule has 2 nitrogen and oxygen atoms in total. The molecule has 84 valence electrons. The average molecular weight is 236 g/mol. The first-order chi connectivity index (χ1) is 7.79. The molecule has 0 aliphatic carbocycles. The number of benzene rings is 1. The van der Waals surface area contributed by atoms with E-state index in [0.717, 1.165) is 28.5 Å². The molecular weight excluding hydrogens is 223 g/mol. The monoisotopic (exact) mass is 236 g/mol. The van der Waals surface area contributed by atoms with Crippen LogP contribution in [0.4, 0.5) is 9.52 Å². The summed E-state index contributed by atoms with van der Waals surface area (Å²) in [7, 11) is 0. The molecule has 0 aliphatic heterocycles. The predicted molar refractivity (Wildman–Crippen MR) is 66.3 cm³/mol. The van der Waals surface area contributed by atoms with Gasteiger partial charge in [-0.1, -0.05) is 30.4 Å². The van der Waals surface area contributed by atoms with Crippen LogP contribution in [-0.4, -0.2) is 11.5 Å². The van der Waals surface area contributed by atoms with E-state index in [2.05, 4.69) is 17.2 Å². The number of nitrogens with one attached hydrogen (secondary N) is 1. The Hall–Kier alpha value is -1.42. The van der Waals surface area contributed by atoms with Crippen LogP contribution >= 0.6 is 11.3 Å². The summed E-state index contributed by atoms with van der Waals surface area (Å²) in [4.78, 5) is 5.32. The molecule has 0 amide bonds. The smallest absolute Gasteiger partial charge is 0.183 e. The first-order valence-corrected chi connectivity index (χ1v) is 6.07. The molecule has 0 spiro atoms. The first kappa shape index (κ1) is 11.1. The zero-order chi connectivity index (χ0) is 11.4. The van der Waals surface area contributed by atoms with Crippen LogP contribution in [0.3, 0.4) is 0 Å². The fraction of sp³-hybridized carbons (Fsp3) is 0.250. The lowest BCUT2D eigenvalue weighted by Gasteiger charge is -1.97. The second-order valence-electron chi connectivity index (χ2n) is 3.46. The van der Waals surface area contributed by atoms with E-state index in [1.54, 1.807) is 23.5 Å². The summed E-state index contributed by atoms with van der Waals surface area (Å²) in [5.74, 6) is -0.211. The van der Waals surface area contributed by atoms with Gasteiger partial charge in [-0.25, -0.2) is 9.37 Å². The summed E-state index contributed by atoms with van der Waals surface area (Å²) in [6.45, 7) is 3.04. The highest BCUT2D eigenvalue weighted by Gasteiger charge is 2.03. The standard InChI is InChI=1S/C12H13FN2S/c1-2-7-14-12-15-8-11(16-12)9-3-5-10(13)6-4-9/h3-6,8H,2,7H2,1H3,(H,14,15). The van der Waals surface area contributed by atoms with Crippen LogP contribution in [0.25, 0.3) is 10.4 Å². The maximum Gasteiger partial charge on any atom is 0.183 e. The zero-order valence-electron chi connectivity index (χ0n) is 9.03. The third-order valence-electron chi connectivity index (χ3n) is 2.16. The molecule has 1 N–H and O–H groups in total. The Morgan fingerprint density at radius 2 is 2.06 bits per heavy atom. The van der Waals surface area contributed by atoms with E-state index in [1.165, 1.54) is 12.1 Å². The molecule has 0 aliphatic rings. The largest absolute Gasteiger partial charge is 0.362 e. The van der Waals surface area contributed by atoms with Crippen LogP contribution in [0.5, 0.6) is 0 Å². The van der Waals surface area contributed by atoms with Gasteiger partial charge in [0, 0.05) is 12.7 Å². The SMILES string of the molecule is CCCNc1ncc(-c2ccc(F)cc2)s1. The summed E-state index contributed by atoms with van der Waals surface area (Å²) < 4.78 is 12.7. The van der Waals surface area contributed by atoms with Crippen molar-refractivity contribution >= 4 is 16.5 Å². The lowest BCUT2D eigenvalue weighted by atomic mass is 10.2. The Morgan fingerprint density at radius 3 is 2.75 bits per heavy atom. The van der Waals surface area contributed by atoms with Gasteiger partial charge in [-0.15, -0.1) is 0 Å². The molecule has 0 bridgehead atoms. The second-order valence-corrected chi connectivity index (χ2v) is 4.49. The number of nitrogens with zero attached hydrogens (tertiary/aromatic N) is 1. The molecule has 2 rings (SSSR count). The Labute approximate surface area is 98.2 Å². The number of hydrogen-bond acceptors (Lipinski definition) is 3. The second kappa shape index (κ2) is 5.07. The van der Waals surface area contributed by atoms with Gasteiger partial charge in [-0.2, -0.15) is 0 Å². The van der Waals surface area contributed by atoms with Gasteiger partial charge >= 0.3 is 0 Å². The van der Waals surface area contributed by atoms with E-state index >= 15 is 0 Å². The summed E-state index contributed by atoms with van der Waals surface area (Å²) >= 11 is 1.59. The molecule has 16 heavy (non-hydrogen) atoms. The number of hydrogen-bond donors (Lipinski definition) is 1. The Morgan fingerprint density at radius 1 is 1.31 bits per heavy atom. The topological polar surface area (TPSA) is 24.9 Å². The predicted octanol–water partition coefficient (Wildman–Crippen LogP) is 3.77. The molecule has 2 aromatic rings. The number of aromatic nitrogens is 1. The fourth-order valence-corrected chi connectivity index (χ4v) is 2.18. The summed E-state index contributed by atoms with van der Waals surface area (Å²) in [5.41, 5.74) is 1.00. The van der Waals surface area contributed by atoms with Crippen LogP contribution in [0.2, 0.25) is 0 Å². The Bertz CT molecular complexity index is 450. The molecule has 0 atom stereocenters. The molecule has 0 saturated heterocycles. The summed E-state index contributed by atoms with van der Waals surface area (Å²) in [6, 6.07) is 6.47. The fourth-order valence-electron chi connectivity index (χ4n) is 1.34. The van der Waals surface area contributed by atoms with Crippen molar-refractivity contribution in [1.82, 2.24) is 4.98 Å². The van der Waals surface area contributed by atoms with Gasteiger partial charge < -0.3 is 5.32 Å². The number of rotatable bonds is 4. The van der Waals surface area contributed by atoms with E-state index in [1.807, 2.05) is 6.20 Å². The van der Waals surface area contributed by atoms with Gasteiger partial charge in [-0.05, 0) is 24.1 Å². The summed E-state index contributed by atoms with van der Waals surface area (Å²) in [6.07, 6.45) is 2.89. The minimum absolute atomic E-state index is 0.211. The first-order valence-electron chi connectivity index (χ1n) is 5.25. The Kier molecular flexibility index (Phi) is 3.51. The molecule has 1 aromatic heterocycles. The quantitative estimate of drug-likeness (QED) is 0.874. The average Bonchev–Trinajstić information content (AvgIpc) is 2.76. The van der Waals surface area contributed by atoms with Gasteiger partial charge in [-0.3, -0.25) is 0 Å². The van der Waals surface area contributed by atoms with Crippen molar-refractivity contribution in [2.24, 2.45) is 0 Å². The van der Waals surface area contributed by atoms with Crippen molar-refractivity contribution in [3.63, 3.8) is 0 Å². The Balaban J connectivity index is 2.15. The maximum absolute atomic E-state index is 12.7. The maximum atomic E-state index is 12.7. The van der Waals surface area contributed by atoms with Gasteiger partial charge in [0.15, 0.2) is 5.13 Å². The molecular formula is C12H13FN2S. The molecule has 0 fully saturated rings. The lowest BCUT2D eigenvalue weighted by molar-refractivity contribution is 0.628. The van der Waals surface area contributed by atoms with Crippen molar-refractivity contribution in [3.8, 4) is 10.4 Å². The van der Waals surface area contributed by atoms with E-state index in [0.29, 0.717) is 0 Å². The van der Waals surface area contributed by atoms with E-state index in [4.69, 9.17) is 0 Å². The van der Waals surface area contributed by atoms with Crippen molar-refractivity contribution < 1.29 is 4.39 Å². The van der Waals surface area contributed by atoms with Gasteiger partial charge in [0.05, 0.1) is 4.88 Å². The molecule has 4 heteroatoms. The highest BCUT2D eigenvalue weighted by Crippen LogP contribution is 2.28. The van der Waals surface area contributed by atoms with Crippen LogP contribution < -0.4 is 5.32 Å². The number of thiazole rings is 1. The van der Waals surface area contributed by atoms with Crippen LogP contribution in [0, 0.1) is 5.82 Å².